The van der Waals surface area contributed by atoms with Gasteiger partial charge in [-0.15, -0.1) is 11.8 Å². The van der Waals surface area contributed by atoms with E-state index in [-0.39, 0.29) is 5.92 Å². The lowest BCUT2D eigenvalue weighted by atomic mass is 10.2. The summed E-state index contributed by atoms with van der Waals surface area (Å²) in [6.45, 7) is 5.91. The number of oxime groups is 1. The quantitative estimate of drug-likeness (QED) is 0.179. The molecule has 0 aliphatic heterocycles. The first kappa shape index (κ1) is 19.9. The van der Waals surface area contributed by atoms with Crippen LogP contribution in [0.2, 0.25) is 0 Å². The van der Waals surface area contributed by atoms with Gasteiger partial charge in [-0.2, -0.15) is 4.40 Å². The fourth-order valence-electron chi connectivity index (χ4n) is 1.18. The molecule has 0 aliphatic carbocycles. The average Bonchev–Trinajstić information content (AvgIpc) is 2.56. The number of rotatable bonds is 5. The molecule has 0 bridgehead atoms. The molecule has 0 saturated carbocycles. The van der Waals surface area contributed by atoms with Gasteiger partial charge in [0.15, 0.2) is 0 Å². The summed E-state index contributed by atoms with van der Waals surface area (Å²) in [5, 5.41) is 5.33. The molecule has 1 aromatic carbocycles. The van der Waals surface area contributed by atoms with Gasteiger partial charge in [0.2, 0.25) is 0 Å². The average molecular weight is 372 g/mol. The molecule has 0 radical (unpaired) electrons. The Morgan fingerprint density at radius 3 is 2.48 bits per heavy atom. The Bertz CT molecular complexity index is 562. The lowest BCUT2D eigenvalue weighted by Crippen LogP contribution is -2.19. The Hall–Kier alpha value is -1.12. The second kappa shape index (κ2) is 10.6. The Balaban J connectivity index is 2.64. The molecule has 5 nitrogen and oxygen atoms in total. The third-order valence-electron chi connectivity index (χ3n) is 2.52. The lowest BCUT2D eigenvalue weighted by Gasteiger charge is -2.13. The van der Waals surface area contributed by atoms with Crippen molar-refractivity contribution >= 4 is 51.8 Å². The Labute approximate surface area is 150 Å². The van der Waals surface area contributed by atoms with E-state index in [0.29, 0.717) is 5.04 Å². The summed E-state index contributed by atoms with van der Waals surface area (Å²) in [5.41, 5.74) is 0. The van der Waals surface area contributed by atoms with E-state index in [2.05, 4.69) is 23.4 Å². The van der Waals surface area contributed by atoms with Gasteiger partial charge in [-0.25, -0.2) is 9.10 Å². The van der Waals surface area contributed by atoms with E-state index in [1.807, 2.05) is 36.6 Å². The van der Waals surface area contributed by atoms with E-state index in [1.165, 1.54) is 16.1 Å². The van der Waals surface area contributed by atoms with Gasteiger partial charge in [-0.1, -0.05) is 49.0 Å². The molecule has 0 spiro atoms. The zero-order valence-electron chi connectivity index (χ0n) is 13.8. The van der Waals surface area contributed by atoms with Crippen LogP contribution in [-0.4, -0.2) is 33.8 Å². The first-order chi connectivity index (χ1) is 10.9. The number of carbonyl (C=O) groups is 1. The second-order valence-electron chi connectivity index (χ2n) is 4.75. The minimum atomic E-state index is -0.556. The van der Waals surface area contributed by atoms with Gasteiger partial charge in [0, 0.05) is 17.9 Å². The normalized spacial score (nSPS) is 12.4. The zero-order chi connectivity index (χ0) is 17.2. The minimum absolute atomic E-state index is 0.258. The van der Waals surface area contributed by atoms with Gasteiger partial charge in [-0.3, -0.25) is 4.84 Å². The van der Waals surface area contributed by atoms with Crippen LogP contribution in [0, 0.1) is 5.92 Å². The third kappa shape index (κ3) is 7.81. The van der Waals surface area contributed by atoms with Crippen molar-refractivity contribution in [2.45, 2.75) is 25.7 Å². The van der Waals surface area contributed by atoms with Crippen LogP contribution < -0.4 is 0 Å². The summed E-state index contributed by atoms with van der Waals surface area (Å²) in [5.74, 6) is 0.258. The summed E-state index contributed by atoms with van der Waals surface area (Å²) in [6.07, 6.45) is 1.31. The molecule has 126 valence electrons. The SMILES string of the molecule is CSC(C)=NOC(=O)N(C)SN=C(Sc1ccccc1)C(C)C. The van der Waals surface area contributed by atoms with E-state index in [9.17, 15) is 4.79 Å². The number of hydrogen-bond acceptors (Lipinski definition) is 7. The summed E-state index contributed by atoms with van der Waals surface area (Å²) in [4.78, 5) is 17.7. The van der Waals surface area contributed by atoms with Crippen molar-refractivity contribution in [1.29, 1.82) is 0 Å². The first-order valence-electron chi connectivity index (χ1n) is 6.95. The summed E-state index contributed by atoms with van der Waals surface area (Å²) in [6, 6.07) is 10.0. The number of thioether (sulfide) groups is 2. The van der Waals surface area contributed by atoms with E-state index in [0.717, 1.165) is 22.1 Å². The van der Waals surface area contributed by atoms with E-state index in [4.69, 9.17) is 4.84 Å². The van der Waals surface area contributed by atoms with Crippen molar-refractivity contribution in [2.75, 3.05) is 13.3 Å². The van der Waals surface area contributed by atoms with E-state index >= 15 is 0 Å². The third-order valence-corrected chi connectivity index (χ3v) is 5.25. The molecule has 0 aromatic heterocycles. The number of amides is 1. The molecule has 8 heteroatoms. The van der Waals surface area contributed by atoms with Crippen molar-refractivity contribution < 1.29 is 9.63 Å². The molecule has 0 atom stereocenters. The van der Waals surface area contributed by atoms with Crippen LogP contribution in [0.3, 0.4) is 0 Å². The molecular formula is C15H21N3O2S3. The molecule has 0 aliphatic rings. The Morgan fingerprint density at radius 1 is 1.26 bits per heavy atom. The number of benzene rings is 1. The van der Waals surface area contributed by atoms with Crippen molar-refractivity contribution in [1.82, 2.24) is 4.31 Å². The summed E-state index contributed by atoms with van der Waals surface area (Å²) >= 11 is 4.06. The maximum absolute atomic E-state index is 11.8. The topological polar surface area (TPSA) is 54.3 Å². The van der Waals surface area contributed by atoms with Gasteiger partial charge < -0.3 is 0 Å². The molecule has 0 heterocycles. The highest BCUT2D eigenvalue weighted by Gasteiger charge is 2.13. The molecule has 1 rings (SSSR count). The van der Waals surface area contributed by atoms with E-state index in [1.54, 1.807) is 25.7 Å². The van der Waals surface area contributed by atoms with Crippen molar-refractivity contribution in [3.05, 3.63) is 30.3 Å². The minimum Gasteiger partial charge on any atom is -0.296 e. The Morgan fingerprint density at radius 2 is 1.91 bits per heavy atom. The maximum Gasteiger partial charge on any atom is 0.447 e. The summed E-state index contributed by atoms with van der Waals surface area (Å²) in [7, 11) is 1.60. The molecular weight excluding hydrogens is 350 g/mol. The van der Waals surface area contributed by atoms with Crippen LogP contribution in [0.4, 0.5) is 4.79 Å². The highest BCUT2D eigenvalue weighted by atomic mass is 32.2. The fraction of sp³-hybridized carbons (Fsp3) is 0.400. The van der Waals surface area contributed by atoms with Gasteiger partial charge in [-0.05, 0) is 25.3 Å². The highest BCUT2D eigenvalue weighted by molar-refractivity contribution is 8.14. The molecule has 0 N–H and O–H groups in total. The smallest absolute Gasteiger partial charge is 0.296 e. The van der Waals surface area contributed by atoms with Gasteiger partial charge in [0.05, 0.1) is 17.2 Å². The van der Waals surface area contributed by atoms with E-state index < -0.39 is 6.09 Å². The van der Waals surface area contributed by atoms with Crippen LogP contribution in [0.25, 0.3) is 0 Å². The maximum atomic E-state index is 11.8. The van der Waals surface area contributed by atoms with Crippen LogP contribution in [0.5, 0.6) is 0 Å². The zero-order valence-corrected chi connectivity index (χ0v) is 16.3. The molecule has 1 amide bonds. The number of carbonyl (C=O) groups excluding carboxylic acids is 1. The van der Waals surface area contributed by atoms with Gasteiger partial charge in [0.1, 0.15) is 5.04 Å². The lowest BCUT2D eigenvalue weighted by molar-refractivity contribution is 0.137. The van der Waals surface area contributed by atoms with Crippen molar-refractivity contribution in [2.24, 2.45) is 15.5 Å². The first-order valence-corrected chi connectivity index (χ1v) is 9.72. The van der Waals surface area contributed by atoms with Crippen LogP contribution in [0.15, 0.2) is 44.8 Å². The number of hydrogen-bond donors (Lipinski definition) is 0. The van der Waals surface area contributed by atoms with Gasteiger partial charge in [0.25, 0.3) is 0 Å². The molecule has 0 saturated heterocycles. The van der Waals surface area contributed by atoms with Gasteiger partial charge >= 0.3 is 6.09 Å². The van der Waals surface area contributed by atoms with Crippen LogP contribution in [0.1, 0.15) is 20.8 Å². The second-order valence-corrected chi connectivity index (χ2v) is 7.74. The largest absolute Gasteiger partial charge is 0.447 e. The van der Waals surface area contributed by atoms with Crippen molar-refractivity contribution in [3.63, 3.8) is 0 Å². The molecule has 23 heavy (non-hydrogen) atoms. The number of nitrogens with zero attached hydrogens (tertiary/aromatic N) is 3. The predicted octanol–water partition coefficient (Wildman–Crippen LogP) is 5.16. The van der Waals surface area contributed by atoms with Crippen LogP contribution in [-0.2, 0) is 4.84 Å². The highest BCUT2D eigenvalue weighted by Crippen LogP contribution is 2.26. The molecule has 0 unspecified atom stereocenters. The molecule has 0 fully saturated rings. The standard InChI is InChI=1S/C15H21N3O2S3/c1-11(2)14(22-13-9-7-6-8-10-13)17-23-18(4)15(19)20-16-12(3)21-5/h6-11H,1-5H3. The Kier molecular flexibility index (Phi) is 9.20. The van der Waals surface area contributed by atoms with Crippen LogP contribution >= 0.6 is 35.7 Å². The fourth-order valence-corrected chi connectivity index (χ4v) is 2.83. The predicted molar refractivity (Wildman–Crippen MR) is 103 cm³/mol. The summed E-state index contributed by atoms with van der Waals surface area (Å²) < 4.78 is 5.77. The van der Waals surface area contributed by atoms with Crippen molar-refractivity contribution in [3.8, 4) is 0 Å². The molecule has 1 aromatic rings. The monoisotopic (exact) mass is 371 g/mol.